The number of carbonyl (C=O) groups is 1. The largest absolute Gasteiger partial charge is 0.436 e. The number of ether oxygens (including phenoxy) is 2. The Kier molecular flexibility index (Phi) is 8.03. The number of amides is 1. The number of halogens is 2. The van der Waals surface area contributed by atoms with Gasteiger partial charge in [0.05, 0.1) is 19.5 Å². The summed E-state index contributed by atoms with van der Waals surface area (Å²) < 4.78 is 92.0. The lowest BCUT2D eigenvalue weighted by Gasteiger charge is -2.39. The van der Waals surface area contributed by atoms with E-state index < -0.39 is 43.5 Å². The van der Waals surface area contributed by atoms with Crippen molar-refractivity contribution in [1.82, 2.24) is 8.61 Å². The molecule has 0 atom stereocenters. The monoisotopic (exact) mass is 524 g/mol. The van der Waals surface area contributed by atoms with Crippen molar-refractivity contribution in [3.05, 3.63) is 35.4 Å². The molecule has 0 N–H and O–H groups in total. The highest BCUT2D eigenvalue weighted by Crippen LogP contribution is 2.37. The van der Waals surface area contributed by atoms with Gasteiger partial charge in [0.2, 0.25) is 10.0 Å². The Balaban J connectivity index is 1.91. The minimum Gasteiger partial charge on any atom is -0.346 e. The van der Waals surface area contributed by atoms with Gasteiger partial charge < -0.3 is 14.4 Å². The number of piperidine rings is 1. The molecule has 9 nitrogen and oxygen atoms in total. The molecule has 3 rings (SSSR count). The first kappa shape index (κ1) is 26.9. The lowest BCUT2D eigenvalue weighted by Crippen LogP contribution is -2.56. The van der Waals surface area contributed by atoms with Crippen molar-refractivity contribution < 1.29 is 39.9 Å². The first-order valence-corrected chi connectivity index (χ1v) is 14.3. The van der Waals surface area contributed by atoms with Crippen LogP contribution in [0.2, 0.25) is 0 Å². The van der Waals surface area contributed by atoms with E-state index in [4.69, 9.17) is 9.47 Å². The molecule has 0 saturated carbocycles. The molecule has 0 bridgehead atoms. The molecule has 2 saturated heterocycles. The standard InChI is InChI=1S/C21H30F2N2O7S2/c1-17-7-9-18(10-8-17)20(31-15-6-16-32-20)11-14-25(33(2,27)28)34(29,30)21(22,23)19(26)24-12-4-3-5-13-24/h7-10H,3-6,11-16H2,1-2H3. The van der Waals surface area contributed by atoms with Gasteiger partial charge in [0.25, 0.3) is 0 Å². The molecule has 34 heavy (non-hydrogen) atoms. The molecule has 0 aromatic heterocycles. The zero-order chi connectivity index (χ0) is 25.2. The Morgan fingerprint density at radius 1 is 1.03 bits per heavy atom. The molecule has 0 radical (unpaired) electrons. The van der Waals surface area contributed by atoms with Gasteiger partial charge in [-0.3, -0.25) is 4.79 Å². The van der Waals surface area contributed by atoms with Gasteiger partial charge in [-0.1, -0.05) is 33.5 Å². The van der Waals surface area contributed by atoms with E-state index in [1.54, 1.807) is 24.3 Å². The summed E-state index contributed by atoms with van der Waals surface area (Å²) in [6.07, 6.45) is 2.35. The van der Waals surface area contributed by atoms with Gasteiger partial charge >= 0.3 is 21.2 Å². The van der Waals surface area contributed by atoms with E-state index in [0.29, 0.717) is 31.1 Å². The highest BCUT2D eigenvalue weighted by atomic mass is 32.3. The minimum atomic E-state index is -5.91. The van der Waals surface area contributed by atoms with Crippen molar-refractivity contribution in [2.45, 2.75) is 50.1 Å². The SMILES string of the molecule is Cc1ccc(C2(CCN(S(C)(=O)=O)S(=O)(=O)C(F)(F)C(=O)N3CCCCC3)OCCCO2)cc1. The van der Waals surface area contributed by atoms with Crippen molar-refractivity contribution in [1.29, 1.82) is 0 Å². The van der Waals surface area contributed by atoms with Crippen LogP contribution in [0.1, 0.15) is 43.2 Å². The van der Waals surface area contributed by atoms with Crippen LogP contribution in [0, 0.1) is 6.92 Å². The third-order valence-electron chi connectivity index (χ3n) is 5.93. The molecule has 13 heteroatoms. The number of carbonyl (C=O) groups excluding carboxylic acids is 1. The average molecular weight is 525 g/mol. The number of hydrogen-bond donors (Lipinski definition) is 0. The second-order valence-electron chi connectivity index (χ2n) is 8.55. The van der Waals surface area contributed by atoms with Gasteiger partial charge in [0.15, 0.2) is 5.79 Å². The van der Waals surface area contributed by atoms with Crippen LogP contribution in [-0.4, -0.2) is 75.7 Å². The summed E-state index contributed by atoms with van der Waals surface area (Å²) in [6, 6.07) is 6.92. The highest BCUT2D eigenvalue weighted by molar-refractivity contribution is 8.04. The van der Waals surface area contributed by atoms with Gasteiger partial charge in [-0.25, -0.2) is 16.8 Å². The molecule has 2 heterocycles. The van der Waals surface area contributed by atoms with Crippen molar-refractivity contribution in [3.63, 3.8) is 0 Å². The van der Waals surface area contributed by atoms with E-state index in [-0.39, 0.29) is 36.4 Å². The van der Waals surface area contributed by atoms with Crippen LogP contribution in [0.15, 0.2) is 24.3 Å². The zero-order valence-electron chi connectivity index (χ0n) is 19.2. The summed E-state index contributed by atoms with van der Waals surface area (Å²) in [5.74, 6) is -3.43. The van der Waals surface area contributed by atoms with Gasteiger partial charge in [-0.2, -0.15) is 8.78 Å². The summed E-state index contributed by atoms with van der Waals surface area (Å²) in [5, 5.41) is -4.95. The molecule has 2 aliphatic rings. The Labute approximate surface area is 199 Å². The lowest BCUT2D eigenvalue weighted by atomic mass is 10.00. The predicted octanol–water partition coefficient (Wildman–Crippen LogP) is 2.17. The molecule has 1 aromatic carbocycles. The Morgan fingerprint density at radius 3 is 2.12 bits per heavy atom. The molecule has 192 valence electrons. The third-order valence-corrected chi connectivity index (χ3v) is 9.79. The number of likely N-dealkylation sites (tertiary alicyclic amines) is 1. The fraction of sp³-hybridized carbons (Fsp3) is 0.667. The topological polar surface area (TPSA) is 110 Å². The number of rotatable bonds is 8. The van der Waals surface area contributed by atoms with Crippen molar-refractivity contribution in [2.24, 2.45) is 0 Å². The lowest BCUT2D eigenvalue weighted by molar-refractivity contribution is -0.279. The van der Waals surface area contributed by atoms with Gasteiger partial charge in [-0.05, 0) is 32.6 Å². The minimum absolute atomic E-state index is 0.0129. The highest BCUT2D eigenvalue weighted by Gasteiger charge is 2.59. The number of aryl methyl sites for hydroxylation is 1. The smallest absolute Gasteiger partial charge is 0.346 e. The van der Waals surface area contributed by atoms with Gasteiger partial charge in [0, 0.05) is 31.6 Å². The second-order valence-corrected chi connectivity index (χ2v) is 12.6. The predicted molar refractivity (Wildman–Crippen MR) is 120 cm³/mol. The molecule has 2 aliphatic heterocycles. The van der Waals surface area contributed by atoms with E-state index in [1.165, 1.54) is 0 Å². The third kappa shape index (κ3) is 5.43. The molecule has 0 spiro atoms. The number of nitrogens with zero attached hydrogens (tertiary/aromatic N) is 2. The molecular weight excluding hydrogens is 494 g/mol. The van der Waals surface area contributed by atoms with Crippen LogP contribution in [0.25, 0.3) is 0 Å². The molecule has 0 unspecified atom stereocenters. The van der Waals surface area contributed by atoms with E-state index >= 15 is 8.78 Å². The summed E-state index contributed by atoms with van der Waals surface area (Å²) in [6.45, 7) is 1.45. The summed E-state index contributed by atoms with van der Waals surface area (Å²) >= 11 is 0. The molecule has 2 fully saturated rings. The Morgan fingerprint density at radius 2 is 1.59 bits per heavy atom. The molecule has 0 aliphatic carbocycles. The second kappa shape index (κ2) is 10.1. The van der Waals surface area contributed by atoms with E-state index in [2.05, 4.69) is 0 Å². The number of sulfonamides is 2. The fourth-order valence-electron chi connectivity index (χ4n) is 4.06. The summed E-state index contributed by atoms with van der Waals surface area (Å²) in [4.78, 5) is 13.2. The quantitative estimate of drug-likeness (QED) is 0.513. The first-order chi connectivity index (χ1) is 15.8. The summed E-state index contributed by atoms with van der Waals surface area (Å²) in [7, 11) is -10.6. The van der Waals surface area contributed by atoms with Crippen LogP contribution >= 0.6 is 0 Å². The van der Waals surface area contributed by atoms with Crippen LogP contribution in [0.3, 0.4) is 0 Å². The van der Waals surface area contributed by atoms with Crippen LogP contribution in [-0.2, 0) is 40.1 Å². The molecular formula is C21H30F2N2O7S2. The number of hydrogen-bond acceptors (Lipinski definition) is 7. The van der Waals surface area contributed by atoms with E-state index in [0.717, 1.165) is 16.9 Å². The van der Waals surface area contributed by atoms with E-state index in [1.807, 2.05) is 6.92 Å². The maximum Gasteiger partial charge on any atom is 0.436 e. The Hall–Kier alpha value is -1.67. The summed E-state index contributed by atoms with van der Waals surface area (Å²) in [5.41, 5.74) is 1.44. The van der Waals surface area contributed by atoms with Crippen molar-refractivity contribution >= 4 is 26.0 Å². The van der Waals surface area contributed by atoms with Crippen LogP contribution < -0.4 is 0 Å². The number of benzene rings is 1. The fourth-order valence-corrected chi connectivity index (χ4v) is 7.13. The normalized spacial score (nSPS) is 19.9. The molecule has 1 amide bonds. The van der Waals surface area contributed by atoms with E-state index in [9.17, 15) is 21.6 Å². The van der Waals surface area contributed by atoms with Crippen LogP contribution in [0.5, 0.6) is 0 Å². The zero-order valence-corrected chi connectivity index (χ0v) is 20.8. The first-order valence-electron chi connectivity index (χ1n) is 11.1. The van der Waals surface area contributed by atoms with Crippen molar-refractivity contribution in [3.8, 4) is 0 Å². The Bertz CT molecular complexity index is 1080. The molecule has 1 aromatic rings. The average Bonchev–Trinajstić information content (AvgIpc) is 2.79. The maximum atomic E-state index is 15.0. The van der Waals surface area contributed by atoms with Crippen molar-refractivity contribution in [2.75, 3.05) is 39.1 Å². The van der Waals surface area contributed by atoms with Gasteiger partial charge in [-0.15, -0.1) is 0 Å². The maximum absolute atomic E-state index is 15.0. The number of alkyl halides is 2. The van der Waals surface area contributed by atoms with Gasteiger partial charge in [0.1, 0.15) is 0 Å². The van der Waals surface area contributed by atoms with Crippen LogP contribution in [0.4, 0.5) is 8.78 Å².